The maximum absolute atomic E-state index is 12.7. The Morgan fingerprint density at radius 1 is 1.21 bits per heavy atom. The van der Waals surface area contributed by atoms with E-state index >= 15 is 0 Å². The van der Waals surface area contributed by atoms with Crippen LogP contribution in [0.25, 0.3) is 5.69 Å². The highest BCUT2D eigenvalue weighted by Crippen LogP contribution is 2.18. The molecule has 0 aliphatic rings. The number of rotatable bonds is 8. The molecule has 1 aromatic heterocycles. The zero-order valence-corrected chi connectivity index (χ0v) is 15.3. The van der Waals surface area contributed by atoms with Gasteiger partial charge in [-0.15, -0.1) is 0 Å². The van der Waals surface area contributed by atoms with Crippen LogP contribution in [0.15, 0.2) is 30.3 Å². The molecule has 0 aliphatic heterocycles. The van der Waals surface area contributed by atoms with Gasteiger partial charge in [0.1, 0.15) is 0 Å². The van der Waals surface area contributed by atoms with Gasteiger partial charge >= 0.3 is 0 Å². The Balaban J connectivity index is 2.11. The van der Waals surface area contributed by atoms with Crippen LogP contribution < -0.4 is 5.32 Å². The molecule has 24 heavy (non-hydrogen) atoms. The SMILES string of the molecule is CCCCC(CC)CNC(=O)c1c(C)nn(-c2ccccc2)c1C. The lowest BCUT2D eigenvalue weighted by atomic mass is 9.99. The fourth-order valence-corrected chi connectivity index (χ4v) is 3.06. The molecule has 1 N–H and O–H groups in total. The average Bonchev–Trinajstić information content (AvgIpc) is 2.90. The molecule has 0 bridgehead atoms. The zero-order valence-electron chi connectivity index (χ0n) is 15.3. The summed E-state index contributed by atoms with van der Waals surface area (Å²) in [6.07, 6.45) is 4.70. The van der Waals surface area contributed by atoms with Crippen LogP contribution in [0.1, 0.15) is 61.3 Å². The summed E-state index contributed by atoms with van der Waals surface area (Å²) in [4.78, 5) is 12.7. The Bertz CT molecular complexity index is 661. The van der Waals surface area contributed by atoms with Crippen LogP contribution in [0.3, 0.4) is 0 Å². The summed E-state index contributed by atoms with van der Waals surface area (Å²) in [5, 5.41) is 7.67. The quantitative estimate of drug-likeness (QED) is 0.779. The number of carbonyl (C=O) groups excluding carboxylic acids is 1. The number of nitrogens with one attached hydrogen (secondary N) is 1. The van der Waals surface area contributed by atoms with E-state index in [4.69, 9.17) is 0 Å². The molecule has 130 valence electrons. The number of para-hydroxylation sites is 1. The standard InChI is InChI=1S/C20H29N3O/c1-5-7-11-17(6-2)14-21-20(24)19-15(3)22-23(16(19)4)18-12-9-8-10-13-18/h8-10,12-13,17H,5-7,11,14H2,1-4H3,(H,21,24). The van der Waals surface area contributed by atoms with Crippen LogP contribution in [0.2, 0.25) is 0 Å². The highest BCUT2D eigenvalue weighted by molar-refractivity contribution is 5.96. The van der Waals surface area contributed by atoms with Crippen molar-refractivity contribution in [3.05, 3.63) is 47.3 Å². The van der Waals surface area contributed by atoms with Crippen LogP contribution in [-0.2, 0) is 0 Å². The molecule has 1 unspecified atom stereocenters. The van der Waals surface area contributed by atoms with Gasteiger partial charge in [-0.05, 0) is 38.3 Å². The second-order valence-electron chi connectivity index (χ2n) is 6.42. The van der Waals surface area contributed by atoms with Gasteiger partial charge < -0.3 is 5.32 Å². The molecule has 0 spiro atoms. The van der Waals surface area contributed by atoms with Gasteiger partial charge in [-0.3, -0.25) is 4.79 Å². The topological polar surface area (TPSA) is 46.9 Å². The van der Waals surface area contributed by atoms with Crippen LogP contribution in [0.4, 0.5) is 0 Å². The molecule has 4 nitrogen and oxygen atoms in total. The Hall–Kier alpha value is -2.10. The first-order valence-electron chi connectivity index (χ1n) is 8.98. The van der Waals surface area contributed by atoms with Gasteiger partial charge in [0.05, 0.1) is 22.6 Å². The van der Waals surface area contributed by atoms with Gasteiger partial charge in [-0.2, -0.15) is 5.10 Å². The Morgan fingerprint density at radius 2 is 1.92 bits per heavy atom. The summed E-state index contributed by atoms with van der Waals surface area (Å²) < 4.78 is 1.85. The summed E-state index contributed by atoms with van der Waals surface area (Å²) in [7, 11) is 0. The predicted molar refractivity (Wildman–Crippen MR) is 98.7 cm³/mol. The summed E-state index contributed by atoms with van der Waals surface area (Å²) in [5.74, 6) is 0.542. The Kier molecular flexibility index (Phi) is 6.59. The van der Waals surface area contributed by atoms with Crippen molar-refractivity contribution < 1.29 is 4.79 Å². The summed E-state index contributed by atoms with van der Waals surface area (Å²) in [5.41, 5.74) is 3.34. The van der Waals surface area contributed by atoms with E-state index in [0.717, 1.165) is 30.0 Å². The highest BCUT2D eigenvalue weighted by atomic mass is 16.1. The Labute approximate surface area is 145 Å². The smallest absolute Gasteiger partial charge is 0.255 e. The van der Waals surface area contributed by atoms with Crippen molar-refractivity contribution in [3.8, 4) is 5.69 Å². The zero-order chi connectivity index (χ0) is 17.5. The molecule has 0 fully saturated rings. The number of unbranched alkanes of at least 4 members (excludes halogenated alkanes) is 1. The van der Waals surface area contributed by atoms with Gasteiger partial charge in [-0.25, -0.2) is 4.68 Å². The van der Waals surface area contributed by atoms with Crippen molar-refractivity contribution in [2.24, 2.45) is 5.92 Å². The van der Waals surface area contributed by atoms with E-state index in [-0.39, 0.29) is 5.91 Å². The third-order valence-electron chi connectivity index (χ3n) is 4.61. The fraction of sp³-hybridized carbons (Fsp3) is 0.500. The molecule has 2 rings (SSSR count). The van der Waals surface area contributed by atoms with E-state index in [2.05, 4.69) is 24.3 Å². The molecule has 1 amide bonds. The number of hydrogen-bond acceptors (Lipinski definition) is 2. The van der Waals surface area contributed by atoms with Crippen LogP contribution >= 0.6 is 0 Å². The van der Waals surface area contributed by atoms with Crippen molar-refractivity contribution in [2.45, 2.75) is 53.4 Å². The van der Waals surface area contributed by atoms with Crippen LogP contribution in [-0.4, -0.2) is 22.2 Å². The van der Waals surface area contributed by atoms with Crippen molar-refractivity contribution >= 4 is 5.91 Å². The van der Waals surface area contributed by atoms with Gasteiger partial charge in [0.15, 0.2) is 0 Å². The number of hydrogen-bond donors (Lipinski definition) is 1. The number of aryl methyl sites for hydroxylation is 1. The van der Waals surface area contributed by atoms with E-state index in [1.807, 2.05) is 48.9 Å². The van der Waals surface area contributed by atoms with Crippen molar-refractivity contribution in [2.75, 3.05) is 6.54 Å². The lowest BCUT2D eigenvalue weighted by Gasteiger charge is -2.15. The van der Waals surface area contributed by atoms with Crippen molar-refractivity contribution in [1.29, 1.82) is 0 Å². The fourth-order valence-electron chi connectivity index (χ4n) is 3.06. The molecule has 1 atom stereocenters. The third-order valence-corrected chi connectivity index (χ3v) is 4.61. The van der Waals surface area contributed by atoms with Gasteiger partial charge in [0, 0.05) is 6.54 Å². The van der Waals surface area contributed by atoms with E-state index in [9.17, 15) is 4.79 Å². The number of carbonyl (C=O) groups is 1. The minimum absolute atomic E-state index is 0.0119. The lowest BCUT2D eigenvalue weighted by molar-refractivity contribution is 0.0944. The van der Waals surface area contributed by atoms with Gasteiger partial charge in [0.25, 0.3) is 5.91 Å². The molecule has 0 saturated carbocycles. The van der Waals surface area contributed by atoms with Crippen molar-refractivity contribution in [3.63, 3.8) is 0 Å². The highest BCUT2D eigenvalue weighted by Gasteiger charge is 2.20. The van der Waals surface area contributed by atoms with E-state index in [0.29, 0.717) is 11.5 Å². The molecular formula is C20H29N3O. The maximum atomic E-state index is 12.7. The van der Waals surface area contributed by atoms with Gasteiger partial charge in [-0.1, -0.05) is 51.3 Å². The average molecular weight is 327 g/mol. The molecule has 0 aliphatic carbocycles. The molecule has 2 aromatic rings. The molecule has 0 radical (unpaired) electrons. The molecule has 4 heteroatoms. The third kappa shape index (κ3) is 4.25. The number of amides is 1. The summed E-state index contributed by atoms with van der Waals surface area (Å²) >= 11 is 0. The van der Waals surface area contributed by atoms with Gasteiger partial charge in [0.2, 0.25) is 0 Å². The molecular weight excluding hydrogens is 298 g/mol. The number of nitrogens with zero attached hydrogens (tertiary/aromatic N) is 2. The largest absolute Gasteiger partial charge is 0.352 e. The molecule has 0 saturated heterocycles. The summed E-state index contributed by atoms with van der Waals surface area (Å²) in [6, 6.07) is 9.93. The summed E-state index contributed by atoms with van der Waals surface area (Å²) in [6.45, 7) is 8.99. The second kappa shape index (κ2) is 8.67. The monoisotopic (exact) mass is 327 g/mol. The number of benzene rings is 1. The van der Waals surface area contributed by atoms with Crippen LogP contribution in [0, 0.1) is 19.8 Å². The first-order chi connectivity index (χ1) is 11.6. The molecule has 1 heterocycles. The number of aromatic nitrogens is 2. The minimum atomic E-state index is -0.0119. The van der Waals surface area contributed by atoms with E-state index < -0.39 is 0 Å². The lowest BCUT2D eigenvalue weighted by Crippen LogP contribution is -2.30. The normalized spacial score (nSPS) is 12.2. The minimum Gasteiger partial charge on any atom is -0.352 e. The van der Waals surface area contributed by atoms with Crippen molar-refractivity contribution in [1.82, 2.24) is 15.1 Å². The maximum Gasteiger partial charge on any atom is 0.255 e. The first-order valence-corrected chi connectivity index (χ1v) is 8.98. The van der Waals surface area contributed by atoms with Crippen LogP contribution in [0.5, 0.6) is 0 Å². The Morgan fingerprint density at radius 3 is 2.54 bits per heavy atom. The first kappa shape index (κ1) is 18.2. The second-order valence-corrected chi connectivity index (χ2v) is 6.42. The predicted octanol–water partition coefficient (Wildman–Crippen LogP) is 4.44. The van der Waals surface area contributed by atoms with E-state index in [1.165, 1.54) is 19.3 Å². The van der Waals surface area contributed by atoms with E-state index in [1.54, 1.807) is 0 Å². The molecule has 1 aromatic carbocycles.